The number of nitrogens with one attached hydrogen (secondary N) is 1. The molecule has 2 unspecified atom stereocenters. The lowest BCUT2D eigenvalue weighted by atomic mass is 9.86. The second-order valence-electron chi connectivity index (χ2n) is 6.62. The first-order chi connectivity index (χ1) is 12.6. The van der Waals surface area contributed by atoms with E-state index < -0.39 is 0 Å². The van der Waals surface area contributed by atoms with Crippen LogP contribution < -0.4 is 5.32 Å². The smallest absolute Gasteiger partial charge is 0.0595 e. The summed E-state index contributed by atoms with van der Waals surface area (Å²) < 4.78 is 0. The highest BCUT2D eigenvalue weighted by Gasteiger charge is 2.19. The molecular formula is C23H23Cl2N. The van der Waals surface area contributed by atoms with E-state index in [1.54, 1.807) is 0 Å². The van der Waals surface area contributed by atoms with Gasteiger partial charge in [-0.05, 0) is 54.8 Å². The minimum atomic E-state index is 0.340. The van der Waals surface area contributed by atoms with E-state index in [0.717, 1.165) is 6.42 Å². The maximum Gasteiger partial charge on any atom is 0.0595 e. The van der Waals surface area contributed by atoms with Crippen molar-refractivity contribution >= 4 is 23.2 Å². The zero-order valence-electron chi connectivity index (χ0n) is 15.0. The van der Waals surface area contributed by atoms with Gasteiger partial charge in [-0.2, -0.15) is 0 Å². The van der Waals surface area contributed by atoms with Gasteiger partial charge in [0.1, 0.15) is 0 Å². The average Bonchev–Trinajstić information content (AvgIpc) is 2.69. The van der Waals surface area contributed by atoms with E-state index in [9.17, 15) is 0 Å². The molecule has 0 aromatic heterocycles. The van der Waals surface area contributed by atoms with Gasteiger partial charge in [0.25, 0.3) is 0 Å². The van der Waals surface area contributed by atoms with E-state index in [2.05, 4.69) is 66.8 Å². The highest BCUT2D eigenvalue weighted by atomic mass is 35.5. The van der Waals surface area contributed by atoms with Crippen LogP contribution in [0.5, 0.6) is 0 Å². The van der Waals surface area contributed by atoms with Gasteiger partial charge in [-0.25, -0.2) is 0 Å². The van der Waals surface area contributed by atoms with Crippen LogP contribution in [0.4, 0.5) is 0 Å². The molecule has 26 heavy (non-hydrogen) atoms. The Morgan fingerprint density at radius 2 is 1.46 bits per heavy atom. The normalized spacial score (nSPS) is 13.4. The van der Waals surface area contributed by atoms with Crippen molar-refractivity contribution in [2.24, 2.45) is 0 Å². The summed E-state index contributed by atoms with van der Waals surface area (Å²) in [6.07, 6.45) is 0.906. The van der Waals surface area contributed by atoms with Crippen molar-refractivity contribution in [2.45, 2.75) is 25.3 Å². The number of benzene rings is 3. The van der Waals surface area contributed by atoms with Gasteiger partial charge in [0.05, 0.1) is 10.0 Å². The number of halogens is 2. The standard InChI is InChI=1S/C23H23Cl2N/c1-16(26-2)21(14-17-8-13-22(24)23(25)15-17)20-11-9-19(10-12-20)18-6-4-3-5-7-18/h3-13,15-16,21,26H,14H2,1-2H3. The molecule has 0 bridgehead atoms. The van der Waals surface area contributed by atoms with Gasteiger partial charge in [-0.3, -0.25) is 0 Å². The largest absolute Gasteiger partial charge is 0.317 e. The van der Waals surface area contributed by atoms with Crippen molar-refractivity contribution in [3.8, 4) is 11.1 Å². The van der Waals surface area contributed by atoms with Crippen LogP contribution in [-0.2, 0) is 6.42 Å². The third-order valence-corrected chi connectivity index (χ3v) is 5.68. The fourth-order valence-electron chi connectivity index (χ4n) is 3.26. The first-order valence-corrected chi connectivity index (χ1v) is 9.60. The van der Waals surface area contributed by atoms with Gasteiger partial charge in [-0.1, -0.05) is 83.9 Å². The molecule has 0 radical (unpaired) electrons. The molecule has 0 aliphatic carbocycles. The Labute approximate surface area is 166 Å². The SMILES string of the molecule is CNC(C)C(Cc1ccc(Cl)c(Cl)c1)c1ccc(-c2ccccc2)cc1. The average molecular weight is 384 g/mol. The van der Waals surface area contributed by atoms with E-state index in [1.165, 1.54) is 22.3 Å². The monoisotopic (exact) mass is 383 g/mol. The minimum absolute atomic E-state index is 0.340. The zero-order valence-corrected chi connectivity index (χ0v) is 16.6. The molecular weight excluding hydrogens is 361 g/mol. The van der Waals surface area contributed by atoms with Crippen molar-refractivity contribution in [1.29, 1.82) is 0 Å². The van der Waals surface area contributed by atoms with Gasteiger partial charge < -0.3 is 5.32 Å². The van der Waals surface area contributed by atoms with E-state index in [0.29, 0.717) is 22.0 Å². The Morgan fingerprint density at radius 1 is 0.808 bits per heavy atom. The summed E-state index contributed by atoms with van der Waals surface area (Å²) in [5, 5.41) is 4.61. The van der Waals surface area contributed by atoms with Crippen LogP contribution >= 0.6 is 23.2 Å². The van der Waals surface area contributed by atoms with E-state index in [4.69, 9.17) is 23.2 Å². The molecule has 2 atom stereocenters. The molecule has 3 heteroatoms. The van der Waals surface area contributed by atoms with Crippen molar-refractivity contribution in [3.63, 3.8) is 0 Å². The predicted octanol–water partition coefficient (Wildman–Crippen LogP) is 6.59. The van der Waals surface area contributed by atoms with Gasteiger partial charge >= 0.3 is 0 Å². The summed E-state index contributed by atoms with van der Waals surface area (Å²) in [4.78, 5) is 0. The first kappa shape index (κ1) is 19.0. The molecule has 0 aliphatic rings. The first-order valence-electron chi connectivity index (χ1n) is 8.85. The van der Waals surface area contributed by atoms with Crippen molar-refractivity contribution in [2.75, 3.05) is 7.05 Å². The number of hydrogen-bond acceptors (Lipinski definition) is 1. The minimum Gasteiger partial charge on any atom is -0.317 e. The third-order valence-electron chi connectivity index (χ3n) is 4.94. The van der Waals surface area contributed by atoms with Crippen LogP contribution in [0.1, 0.15) is 24.0 Å². The lowest BCUT2D eigenvalue weighted by Crippen LogP contribution is -2.30. The fourth-order valence-corrected chi connectivity index (χ4v) is 3.58. The van der Waals surface area contributed by atoms with Crippen LogP contribution in [0, 0.1) is 0 Å². The molecule has 3 aromatic rings. The Balaban J connectivity index is 1.86. The predicted molar refractivity (Wildman–Crippen MR) is 113 cm³/mol. The molecule has 0 saturated heterocycles. The Morgan fingerprint density at radius 3 is 2.08 bits per heavy atom. The van der Waals surface area contributed by atoms with Crippen molar-refractivity contribution in [3.05, 3.63) is 94.0 Å². The maximum absolute atomic E-state index is 6.20. The molecule has 3 aromatic carbocycles. The molecule has 0 heterocycles. The van der Waals surface area contributed by atoms with Gasteiger partial charge in [0.2, 0.25) is 0 Å². The molecule has 0 saturated carbocycles. The summed E-state index contributed by atoms with van der Waals surface area (Å²) in [6.45, 7) is 2.22. The van der Waals surface area contributed by atoms with Crippen molar-refractivity contribution < 1.29 is 0 Å². The molecule has 3 rings (SSSR count). The van der Waals surface area contributed by atoms with E-state index in [1.807, 2.05) is 25.2 Å². The number of hydrogen-bond donors (Lipinski definition) is 1. The summed E-state index contributed by atoms with van der Waals surface area (Å²) in [5.41, 5.74) is 4.98. The number of rotatable bonds is 6. The van der Waals surface area contributed by atoms with Crippen LogP contribution in [0.3, 0.4) is 0 Å². The molecule has 0 amide bonds. The molecule has 1 N–H and O–H groups in total. The number of likely N-dealkylation sites (N-methyl/N-ethyl adjacent to an activating group) is 1. The summed E-state index contributed by atoms with van der Waals surface area (Å²) >= 11 is 12.3. The van der Waals surface area contributed by atoms with Crippen LogP contribution in [0.15, 0.2) is 72.8 Å². The van der Waals surface area contributed by atoms with Crippen molar-refractivity contribution in [1.82, 2.24) is 5.32 Å². The highest BCUT2D eigenvalue weighted by molar-refractivity contribution is 6.42. The quantitative estimate of drug-likeness (QED) is 0.505. The second kappa shape index (κ2) is 8.73. The summed E-state index contributed by atoms with van der Waals surface area (Å²) in [6, 6.07) is 25.6. The van der Waals surface area contributed by atoms with Crippen LogP contribution in [0.25, 0.3) is 11.1 Å². The van der Waals surface area contributed by atoms with Gasteiger partial charge in [0.15, 0.2) is 0 Å². The topological polar surface area (TPSA) is 12.0 Å². The van der Waals surface area contributed by atoms with Gasteiger partial charge in [0, 0.05) is 12.0 Å². The van der Waals surface area contributed by atoms with Crippen LogP contribution in [0.2, 0.25) is 10.0 Å². The van der Waals surface area contributed by atoms with Gasteiger partial charge in [-0.15, -0.1) is 0 Å². The molecule has 134 valence electrons. The van der Waals surface area contributed by atoms with Crippen LogP contribution in [-0.4, -0.2) is 13.1 Å². The Bertz CT molecular complexity index is 844. The fraction of sp³-hybridized carbons (Fsp3) is 0.217. The summed E-state index contributed by atoms with van der Waals surface area (Å²) in [7, 11) is 2.00. The molecule has 1 nitrogen and oxygen atoms in total. The molecule has 0 spiro atoms. The van der Waals surface area contributed by atoms with E-state index in [-0.39, 0.29) is 0 Å². The lowest BCUT2D eigenvalue weighted by molar-refractivity contribution is 0.491. The molecule has 0 aliphatic heterocycles. The zero-order chi connectivity index (χ0) is 18.5. The Hall–Kier alpha value is -1.80. The highest BCUT2D eigenvalue weighted by Crippen LogP contribution is 2.30. The maximum atomic E-state index is 6.20. The lowest BCUT2D eigenvalue weighted by Gasteiger charge is -2.25. The van der Waals surface area contributed by atoms with E-state index >= 15 is 0 Å². The summed E-state index contributed by atoms with van der Waals surface area (Å²) in [5.74, 6) is 0.349. The molecule has 0 fully saturated rings. The third kappa shape index (κ3) is 4.48. The Kier molecular flexibility index (Phi) is 6.37. The second-order valence-corrected chi connectivity index (χ2v) is 7.44.